The van der Waals surface area contributed by atoms with Gasteiger partial charge in [0, 0.05) is 18.9 Å². The number of benzene rings is 1. The van der Waals surface area contributed by atoms with E-state index in [1.807, 2.05) is 55.3 Å². The van der Waals surface area contributed by atoms with Crippen LogP contribution in [0, 0.1) is 6.92 Å². The summed E-state index contributed by atoms with van der Waals surface area (Å²) in [6.45, 7) is 2.65. The van der Waals surface area contributed by atoms with Crippen LogP contribution >= 0.6 is 0 Å². The highest BCUT2D eigenvalue weighted by Crippen LogP contribution is 2.21. The van der Waals surface area contributed by atoms with E-state index in [1.165, 1.54) is 0 Å². The Balaban J connectivity index is 2.09. The third kappa shape index (κ3) is 4.13. The van der Waals surface area contributed by atoms with Gasteiger partial charge in [-0.2, -0.15) is 0 Å². The van der Waals surface area contributed by atoms with E-state index in [0.717, 1.165) is 23.1 Å². The van der Waals surface area contributed by atoms with Crippen molar-refractivity contribution in [2.75, 3.05) is 13.6 Å². The van der Waals surface area contributed by atoms with Crippen LogP contribution in [0.4, 0.5) is 0 Å². The van der Waals surface area contributed by atoms with Crippen molar-refractivity contribution in [3.63, 3.8) is 0 Å². The van der Waals surface area contributed by atoms with E-state index in [1.54, 1.807) is 12.4 Å². The average Bonchev–Trinajstić information content (AvgIpc) is 2.46. The van der Waals surface area contributed by atoms with Gasteiger partial charge in [-0.25, -0.2) is 0 Å². The van der Waals surface area contributed by atoms with Crippen LogP contribution in [0.2, 0.25) is 0 Å². The predicted octanol–water partition coefficient (Wildman–Crippen LogP) is 2.69. The van der Waals surface area contributed by atoms with Crippen molar-refractivity contribution < 1.29 is 9.90 Å². The fourth-order valence-electron chi connectivity index (χ4n) is 2.41. The molecule has 1 heterocycles. The minimum atomic E-state index is -0.821. The molecular weight excluding hydrogens is 264 g/mol. The summed E-state index contributed by atoms with van der Waals surface area (Å²) < 4.78 is 0. The Bertz CT molecular complexity index is 599. The fraction of sp³-hybridized carbons (Fsp3) is 0.294. The van der Waals surface area contributed by atoms with Crippen LogP contribution in [0.5, 0.6) is 0 Å². The highest BCUT2D eigenvalue weighted by Gasteiger charge is 2.24. The van der Waals surface area contributed by atoms with Crippen LogP contribution in [0.3, 0.4) is 0 Å². The van der Waals surface area contributed by atoms with Crippen molar-refractivity contribution in [1.82, 2.24) is 9.88 Å². The van der Waals surface area contributed by atoms with Gasteiger partial charge in [0.2, 0.25) is 0 Å². The summed E-state index contributed by atoms with van der Waals surface area (Å²) in [5.74, 6) is -0.821. The minimum Gasteiger partial charge on any atom is -0.480 e. The smallest absolute Gasteiger partial charge is 0.325 e. The van der Waals surface area contributed by atoms with E-state index in [2.05, 4.69) is 4.98 Å². The van der Waals surface area contributed by atoms with Gasteiger partial charge in [0.05, 0.1) is 0 Å². The van der Waals surface area contributed by atoms with Gasteiger partial charge < -0.3 is 5.11 Å². The lowest BCUT2D eigenvalue weighted by atomic mass is 10.0. The summed E-state index contributed by atoms with van der Waals surface area (Å²) in [6, 6.07) is 11.0. The van der Waals surface area contributed by atoms with Gasteiger partial charge >= 0.3 is 5.97 Å². The first kappa shape index (κ1) is 15.2. The molecule has 0 aliphatic rings. The number of hydrogen-bond donors (Lipinski definition) is 1. The van der Waals surface area contributed by atoms with E-state index >= 15 is 0 Å². The quantitative estimate of drug-likeness (QED) is 0.886. The first-order valence-corrected chi connectivity index (χ1v) is 6.96. The molecule has 0 amide bonds. The summed E-state index contributed by atoms with van der Waals surface area (Å²) in [6.07, 6.45) is 4.31. The summed E-state index contributed by atoms with van der Waals surface area (Å²) in [5, 5.41) is 9.53. The van der Waals surface area contributed by atoms with E-state index in [9.17, 15) is 9.90 Å². The lowest BCUT2D eigenvalue weighted by Gasteiger charge is -2.25. The van der Waals surface area contributed by atoms with Crippen LogP contribution < -0.4 is 0 Å². The van der Waals surface area contributed by atoms with E-state index in [4.69, 9.17) is 0 Å². The summed E-state index contributed by atoms with van der Waals surface area (Å²) in [5.41, 5.74) is 3.05. The lowest BCUT2D eigenvalue weighted by molar-refractivity contribution is -0.143. The molecule has 0 saturated heterocycles. The third-order valence-corrected chi connectivity index (χ3v) is 3.54. The molecule has 0 bridgehead atoms. The topological polar surface area (TPSA) is 53.4 Å². The Hall–Kier alpha value is -2.20. The molecule has 1 atom stereocenters. The number of aryl methyl sites for hydroxylation is 1. The zero-order chi connectivity index (χ0) is 15.2. The van der Waals surface area contributed by atoms with Gasteiger partial charge in [0.25, 0.3) is 0 Å². The molecule has 0 saturated carbocycles. The number of rotatable bonds is 6. The molecule has 0 fully saturated rings. The van der Waals surface area contributed by atoms with Crippen LogP contribution in [0.25, 0.3) is 0 Å². The van der Waals surface area contributed by atoms with Crippen molar-refractivity contribution in [3.8, 4) is 0 Å². The molecule has 110 valence electrons. The minimum absolute atomic E-state index is 0.619. The highest BCUT2D eigenvalue weighted by molar-refractivity contribution is 5.75. The molecule has 0 aliphatic heterocycles. The Labute approximate surface area is 125 Å². The van der Waals surface area contributed by atoms with Crippen LogP contribution in [0.1, 0.15) is 22.7 Å². The third-order valence-electron chi connectivity index (χ3n) is 3.54. The molecule has 4 nitrogen and oxygen atoms in total. The normalized spacial score (nSPS) is 12.3. The standard InChI is InChI=1S/C17H20N2O2/c1-13-4-3-5-15(12-13)16(17(20)21)19(2)11-8-14-6-9-18-10-7-14/h3-7,9-10,12,16H,8,11H2,1-2H3,(H,20,21). The molecule has 0 aliphatic carbocycles. The summed E-state index contributed by atoms with van der Waals surface area (Å²) >= 11 is 0. The lowest BCUT2D eigenvalue weighted by Crippen LogP contribution is -2.32. The maximum Gasteiger partial charge on any atom is 0.325 e. The number of hydrogen-bond acceptors (Lipinski definition) is 3. The van der Waals surface area contributed by atoms with Crippen LogP contribution in [-0.4, -0.2) is 34.6 Å². The maximum absolute atomic E-state index is 11.6. The van der Waals surface area contributed by atoms with Gasteiger partial charge in [-0.3, -0.25) is 14.7 Å². The molecule has 2 aromatic rings. The highest BCUT2D eigenvalue weighted by atomic mass is 16.4. The molecule has 1 unspecified atom stereocenters. The Morgan fingerprint density at radius 1 is 1.29 bits per heavy atom. The monoisotopic (exact) mass is 284 g/mol. The van der Waals surface area contributed by atoms with Crippen molar-refractivity contribution in [1.29, 1.82) is 0 Å². The molecule has 4 heteroatoms. The van der Waals surface area contributed by atoms with E-state index in [-0.39, 0.29) is 0 Å². The van der Waals surface area contributed by atoms with Crippen molar-refractivity contribution >= 4 is 5.97 Å². The second kappa shape index (κ2) is 6.99. The molecule has 1 aromatic carbocycles. The number of carbonyl (C=O) groups is 1. The number of carboxylic acids is 1. The Morgan fingerprint density at radius 3 is 2.62 bits per heavy atom. The van der Waals surface area contributed by atoms with Crippen molar-refractivity contribution in [3.05, 3.63) is 65.5 Å². The SMILES string of the molecule is Cc1cccc(C(C(=O)O)N(C)CCc2ccncc2)c1. The Kier molecular flexibility index (Phi) is 5.06. The predicted molar refractivity (Wildman–Crippen MR) is 82.1 cm³/mol. The number of aromatic nitrogens is 1. The number of pyridine rings is 1. The van der Waals surface area contributed by atoms with Crippen LogP contribution in [0.15, 0.2) is 48.8 Å². The van der Waals surface area contributed by atoms with Gasteiger partial charge in [0.1, 0.15) is 6.04 Å². The molecule has 1 aromatic heterocycles. The average molecular weight is 284 g/mol. The number of nitrogens with zero attached hydrogens (tertiary/aromatic N) is 2. The molecule has 21 heavy (non-hydrogen) atoms. The first-order valence-electron chi connectivity index (χ1n) is 6.96. The second-order valence-electron chi connectivity index (χ2n) is 5.24. The molecule has 2 rings (SSSR count). The van der Waals surface area contributed by atoms with Crippen molar-refractivity contribution in [2.24, 2.45) is 0 Å². The first-order chi connectivity index (χ1) is 10.1. The molecule has 1 N–H and O–H groups in total. The second-order valence-corrected chi connectivity index (χ2v) is 5.24. The molecule has 0 spiro atoms. The van der Waals surface area contributed by atoms with E-state index in [0.29, 0.717) is 6.54 Å². The Morgan fingerprint density at radius 2 is 2.00 bits per heavy atom. The van der Waals surface area contributed by atoms with Gasteiger partial charge in [0.15, 0.2) is 0 Å². The number of likely N-dealkylation sites (N-methyl/N-ethyl adjacent to an activating group) is 1. The molecular formula is C17H20N2O2. The van der Waals surface area contributed by atoms with Gasteiger partial charge in [-0.05, 0) is 43.7 Å². The summed E-state index contributed by atoms with van der Waals surface area (Å²) in [4.78, 5) is 17.5. The number of aliphatic carboxylic acids is 1. The molecule has 0 radical (unpaired) electrons. The number of carboxylic acid groups (broad SMARTS) is 1. The largest absolute Gasteiger partial charge is 0.480 e. The zero-order valence-electron chi connectivity index (χ0n) is 12.4. The van der Waals surface area contributed by atoms with Gasteiger partial charge in [-0.15, -0.1) is 0 Å². The maximum atomic E-state index is 11.6. The van der Waals surface area contributed by atoms with Crippen molar-refractivity contribution in [2.45, 2.75) is 19.4 Å². The zero-order valence-corrected chi connectivity index (χ0v) is 12.4. The van der Waals surface area contributed by atoms with E-state index < -0.39 is 12.0 Å². The fourth-order valence-corrected chi connectivity index (χ4v) is 2.41. The van der Waals surface area contributed by atoms with Crippen LogP contribution in [-0.2, 0) is 11.2 Å². The summed E-state index contributed by atoms with van der Waals surface area (Å²) in [7, 11) is 1.85. The van der Waals surface area contributed by atoms with Gasteiger partial charge in [-0.1, -0.05) is 29.8 Å².